The molecule has 4 heteroatoms. The van der Waals surface area contributed by atoms with E-state index >= 15 is 0 Å². The third-order valence-electron chi connectivity index (χ3n) is 3.35. The molecule has 1 aliphatic rings. The first kappa shape index (κ1) is 10.6. The van der Waals surface area contributed by atoms with Crippen LogP contribution in [0.25, 0.3) is 0 Å². The van der Waals surface area contributed by atoms with Gasteiger partial charge in [0.05, 0.1) is 6.33 Å². The van der Waals surface area contributed by atoms with Gasteiger partial charge in [-0.3, -0.25) is 4.90 Å². The Labute approximate surface area is 90.9 Å². The van der Waals surface area contributed by atoms with Gasteiger partial charge in [-0.1, -0.05) is 13.3 Å². The van der Waals surface area contributed by atoms with Gasteiger partial charge in [-0.25, -0.2) is 4.98 Å². The third kappa shape index (κ3) is 2.58. The second kappa shape index (κ2) is 4.77. The summed E-state index contributed by atoms with van der Waals surface area (Å²) in [6.45, 7) is 5.43. The van der Waals surface area contributed by atoms with Crippen LogP contribution in [-0.2, 0) is 6.54 Å². The Morgan fingerprint density at radius 2 is 2.53 bits per heavy atom. The number of aromatic nitrogens is 2. The standard InChI is InChI=1S/C11H20N4/c1-2-9-6-15(4-3-11(9)12)7-10-5-13-8-14-10/h5,8-9,11H,2-4,6-7,12H2,1H3,(H,13,14). The molecular formula is C11H20N4. The molecule has 0 aliphatic carbocycles. The summed E-state index contributed by atoms with van der Waals surface area (Å²) in [4.78, 5) is 9.64. The normalized spacial score (nSPS) is 28.1. The molecule has 1 aromatic rings. The van der Waals surface area contributed by atoms with Crippen molar-refractivity contribution in [1.29, 1.82) is 0 Å². The first-order chi connectivity index (χ1) is 7.29. The molecule has 1 aliphatic heterocycles. The number of nitrogens with one attached hydrogen (secondary N) is 1. The molecule has 0 amide bonds. The first-order valence-corrected chi connectivity index (χ1v) is 5.74. The minimum atomic E-state index is 0.396. The summed E-state index contributed by atoms with van der Waals surface area (Å²) in [5, 5.41) is 0. The zero-order valence-electron chi connectivity index (χ0n) is 9.32. The summed E-state index contributed by atoms with van der Waals surface area (Å²) in [6, 6.07) is 0.396. The topological polar surface area (TPSA) is 57.9 Å². The fourth-order valence-electron chi connectivity index (χ4n) is 2.31. The lowest BCUT2D eigenvalue weighted by molar-refractivity contribution is 0.144. The number of hydrogen-bond acceptors (Lipinski definition) is 3. The Bertz CT molecular complexity index is 283. The highest BCUT2D eigenvalue weighted by Gasteiger charge is 2.25. The van der Waals surface area contributed by atoms with Gasteiger partial charge in [0.1, 0.15) is 0 Å². The number of likely N-dealkylation sites (tertiary alicyclic amines) is 1. The molecule has 0 radical (unpaired) electrons. The molecule has 0 spiro atoms. The molecule has 1 aromatic heterocycles. The molecule has 2 atom stereocenters. The van der Waals surface area contributed by atoms with Crippen molar-refractivity contribution in [2.45, 2.75) is 32.4 Å². The average Bonchev–Trinajstić information content (AvgIpc) is 2.73. The monoisotopic (exact) mass is 208 g/mol. The van der Waals surface area contributed by atoms with E-state index in [0.717, 1.165) is 26.1 Å². The van der Waals surface area contributed by atoms with Gasteiger partial charge in [0.2, 0.25) is 0 Å². The molecule has 0 bridgehead atoms. The zero-order chi connectivity index (χ0) is 10.7. The molecule has 0 saturated carbocycles. The van der Waals surface area contributed by atoms with Crippen molar-refractivity contribution >= 4 is 0 Å². The molecule has 3 N–H and O–H groups in total. The summed E-state index contributed by atoms with van der Waals surface area (Å²) in [6.07, 6.45) is 5.94. The maximum atomic E-state index is 6.08. The highest BCUT2D eigenvalue weighted by molar-refractivity contribution is 4.95. The molecule has 2 rings (SSSR count). The fraction of sp³-hybridized carbons (Fsp3) is 0.727. The molecule has 0 aromatic carbocycles. The first-order valence-electron chi connectivity index (χ1n) is 5.74. The van der Waals surface area contributed by atoms with E-state index in [2.05, 4.69) is 21.8 Å². The summed E-state index contributed by atoms with van der Waals surface area (Å²) in [7, 11) is 0. The highest BCUT2D eigenvalue weighted by atomic mass is 15.1. The van der Waals surface area contributed by atoms with Crippen molar-refractivity contribution in [3.05, 3.63) is 18.2 Å². The van der Waals surface area contributed by atoms with Crippen molar-refractivity contribution in [2.75, 3.05) is 13.1 Å². The Morgan fingerprint density at radius 1 is 1.67 bits per heavy atom. The predicted octanol–water partition coefficient (Wildman–Crippen LogP) is 0.969. The van der Waals surface area contributed by atoms with E-state index in [1.165, 1.54) is 12.1 Å². The van der Waals surface area contributed by atoms with E-state index in [1.807, 2.05) is 6.20 Å². The molecule has 15 heavy (non-hydrogen) atoms. The maximum absolute atomic E-state index is 6.08. The second-order valence-electron chi connectivity index (χ2n) is 4.43. The van der Waals surface area contributed by atoms with Crippen LogP contribution in [0.4, 0.5) is 0 Å². The van der Waals surface area contributed by atoms with Crippen molar-refractivity contribution in [2.24, 2.45) is 11.7 Å². The lowest BCUT2D eigenvalue weighted by Gasteiger charge is -2.36. The minimum Gasteiger partial charge on any atom is -0.347 e. The van der Waals surface area contributed by atoms with Crippen LogP contribution >= 0.6 is 0 Å². The van der Waals surface area contributed by atoms with E-state index < -0.39 is 0 Å². The smallest absolute Gasteiger partial charge is 0.0922 e. The number of hydrogen-bond donors (Lipinski definition) is 2. The maximum Gasteiger partial charge on any atom is 0.0922 e. The van der Waals surface area contributed by atoms with Gasteiger partial charge in [-0.05, 0) is 12.3 Å². The van der Waals surface area contributed by atoms with Crippen LogP contribution in [0.2, 0.25) is 0 Å². The molecule has 2 heterocycles. The van der Waals surface area contributed by atoms with Crippen molar-refractivity contribution in [1.82, 2.24) is 14.9 Å². The molecule has 2 unspecified atom stereocenters. The highest BCUT2D eigenvalue weighted by Crippen LogP contribution is 2.19. The van der Waals surface area contributed by atoms with Crippen molar-refractivity contribution < 1.29 is 0 Å². The summed E-state index contributed by atoms with van der Waals surface area (Å²) in [5.41, 5.74) is 7.27. The summed E-state index contributed by atoms with van der Waals surface area (Å²) in [5.74, 6) is 0.654. The van der Waals surface area contributed by atoms with E-state index in [-0.39, 0.29) is 0 Å². The van der Waals surface area contributed by atoms with Crippen LogP contribution in [0, 0.1) is 5.92 Å². The number of aromatic amines is 1. The number of nitrogens with two attached hydrogens (primary N) is 1. The van der Waals surface area contributed by atoms with E-state index in [1.54, 1.807) is 6.33 Å². The van der Waals surface area contributed by atoms with Crippen molar-refractivity contribution in [3.8, 4) is 0 Å². The third-order valence-corrected chi connectivity index (χ3v) is 3.35. The van der Waals surface area contributed by atoms with Crippen molar-refractivity contribution in [3.63, 3.8) is 0 Å². The van der Waals surface area contributed by atoms with Gasteiger partial charge >= 0.3 is 0 Å². The van der Waals surface area contributed by atoms with Gasteiger partial charge in [0.25, 0.3) is 0 Å². The number of H-pyrrole nitrogens is 1. The molecule has 84 valence electrons. The number of rotatable bonds is 3. The number of nitrogens with zero attached hydrogens (tertiary/aromatic N) is 2. The fourth-order valence-corrected chi connectivity index (χ4v) is 2.31. The Kier molecular flexibility index (Phi) is 3.38. The predicted molar refractivity (Wildman–Crippen MR) is 60.2 cm³/mol. The van der Waals surface area contributed by atoms with Gasteiger partial charge in [0.15, 0.2) is 0 Å². The van der Waals surface area contributed by atoms with Crippen LogP contribution in [0.5, 0.6) is 0 Å². The lowest BCUT2D eigenvalue weighted by atomic mass is 9.91. The van der Waals surface area contributed by atoms with Gasteiger partial charge in [-0.2, -0.15) is 0 Å². The molecule has 4 nitrogen and oxygen atoms in total. The average molecular weight is 208 g/mol. The van der Waals surface area contributed by atoms with Crippen LogP contribution in [-0.4, -0.2) is 34.0 Å². The Hall–Kier alpha value is -0.870. The minimum absolute atomic E-state index is 0.396. The summed E-state index contributed by atoms with van der Waals surface area (Å²) < 4.78 is 0. The van der Waals surface area contributed by atoms with E-state index in [9.17, 15) is 0 Å². The number of piperidine rings is 1. The molecule has 1 fully saturated rings. The SMILES string of the molecule is CCC1CN(Cc2cnc[nH]2)CCC1N. The Morgan fingerprint density at radius 3 is 3.20 bits per heavy atom. The second-order valence-corrected chi connectivity index (χ2v) is 4.43. The Balaban J connectivity index is 1.89. The van der Waals surface area contributed by atoms with Crippen LogP contribution < -0.4 is 5.73 Å². The molecular weight excluding hydrogens is 188 g/mol. The number of imidazole rings is 1. The van der Waals surface area contributed by atoms with Gasteiger partial charge in [0, 0.05) is 37.6 Å². The van der Waals surface area contributed by atoms with E-state index in [0.29, 0.717) is 12.0 Å². The largest absolute Gasteiger partial charge is 0.347 e. The van der Waals surface area contributed by atoms with Crippen LogP contribution in [0.3, 0.4) is 0 Å². The lowest BCUT2D eigenvalue weighted by Crippen LogP contribution is -2.46. The summed E-state index contributed by atoms with van der Waals surface area (Å²) >= 11 is 0. The van der Waals surface area contributed by atoms with Crippen LogP contribution in [0.1, 0.15) is 25.5 Å². The zero-order valence-corrected chi connectivity index (χ0v) is 9.32. The van der Waals surface area contributed by atoms with Gasteiger partial charge in [-0.15, -0.1) is 0 Å². The van der Waals surface area contributed by atoms with Crippen LogP contribution in [0.15, 0.2) is 12.5 Å². The molecule has 1 saturated heterocycles. The quantitative estimate of drug-likeness (QED) is 0.778. The van der Waals surface area contributed by atoms with Gasteiger partial charge < -0.3 is 10.7 Å². The van der Waals surface area contributed by atoms with E-state index in [4.69, 9.17) is 5.73 Å².